The summed E-state index contributed by atoms with van der Waals surface area (Å²) >= 11 is 0. The highest BCUT2D eigenvalue weighted by Crippen LogP contribution is 2.42. The average Bonchev–Trinajstić information content (AvgIpc) is 3.99. The van der Waals surface area contributed by atoms with Gasteiger partial charge in [-0.1, -0.05) is 39.8 Å². The Labute approximate surface area is 398 Å². The summed E-state index contributed by atoms with van der Waals surface area (Å²) in [4.78, 5) is 63.5. The van der Waals surface area contributed by atoms with Gasteiger partial charge in [0.05, 0.1) is 30.0 Å². The molecule has 3 fully saturated rings. The molecular formula is C50H66N8O9S. The number of esters is 1. The molecule has 0 saturated carbocycles. The van der Waals surface area contributed by atoms with E-state index in [2.05, 4.69) is 59.6 Å². The number of hydrogen-bond donors (Lipinski definition) is 4. The van der Waals surface area contributed by atoms with Crippen molar-refractivity contribution in [1.29, 1.82) is 0 Å². The number of benzene rings is 2. The van der Waals surface area contributed by atoms with E-state index in [1.807, 2.05) is 39.0 Å². The molecule has 366 valence electrons. The van der Waals surface area contributed by atoms with Crippen LogP contribution in [0.1, 0.15) is 83.7 Å². The Bertz CT molecular complexity index is 2700. The molecule has 2 aromatic heterocycles. The third-order valence-electron chi connectivity index (χ3n) is 13.9. The van der Waals surface area contributed by atoms with Crippen LogP contribution >= 0.6 is 0 Å². The van der Waals surface area contributed by atoms with Gasteiger partial charge < -0.3 is 29.4 Å². The highest BCUT2D eigenvalue weighted by atomic mass is 32.2. The second-order valence-electron chi connectivity index (χ2n) is 20.0. The predicted octanol–water partition coefficient (Wildman–Crippen LogP) is 4.52. The molecule has 0 radical (unpaired) electrons. The number of carbonyl (C=O) groups is 4. The molecule has 4 aliphatic heterocycles. The Morgan fingerprint density at radius 2 is 1.84 bits per heavy atom. The highest BCUT2D eigenvalue weighted by Gasteiger charge is 2.46. The Hall–Kier alpha value is -5.40. The summed E-state index contributed by atoms with van der Waals surface area (Å²) in [5.74, 6) is -2.98. The molecule has 68 heavy (non-hydrogen) atoms. The normalized spacial score (nSPS) is 23.2. The van der Waals surface area contributed by atoms with Crippen molar-refractivity contribution in [2.24, 2.45) is 17.3 Å². The van der Waals surface area contributed by atoms with Crippen LogP contribution in [-0.4, -0.2) is 131 Å². The van der Waals surface area contributed by atoms with E-state index in [1.54, 1.807) is 32.5 Å². The van der Waals surface area contributed by atoms with Crippen LogP contribution < -0.4 is 16.1 Å². The fourth-order valence-corrected chi connectivity index (χ4v) is 11.9. The first-order chi connectivity index (χ1) is 32.3. The van der Waals surface area contributed by atoms with Gasteiger partial charge in [-0.3, -0.25) is 34.5 Å². The standard InChI is InChI=1S/C50H66N8O9S/c1-9-57-41-15-14-32-24-37(41)38(45(57)36-12-10-17-51-43(36)30(4)66-8)25-50(5,6)28-67-49(63)39-13-11-18-58(54-39)48(62)40(22-31-20-34(32)23-35(59)21-31)53-46(60)44(29(2)3)55(7)47(61)33-16-19-56(27-33)68(64,65)42-26-52-42/h10,12,14-15,17,20-21,23-24,29-30,33,39-40,42,44,52,54,59H,9,11,13,16,18-19,22,25-28H2,1-8H3,(H,53,60)/t30-,33-,39-,40-,42?,44-/m0/s1. The third-order valence-corrected chi connectivity index (χ3v) is 16.0. The van der Waals surface area contributed by atoms with E-state index in [0.717, 1.165) is 39.0 Å². The van der Waals surface area contributed by atoms with Gasteiger partial charge in [-0.15, -0.1) is 0 Å². The van der Waals surface area contributed by atoms with E-state index in [-0.39, 0.29) is 50.4 Å². The number of aromatic nitrogens is 2. The van der Waals surface area contributed by atoms with Gasteiger partial charge in [0, 0.05) is 81.4 Å². The minimum atomic E-state index is -3.57. The van der Waals surface area contributed by atoms with Crippen LogP contribution in [-0.2, 0) is 58.1 Å². The monoisotopic (exact) mass is 954 g/mol. The molecule has 8 rings (SSSR count). The van der Waals surface area contributed by atoms with Crippen molar-refractivity contribution in [3.05, 3.63) is 71.5 Å². The maximum Gasteiger partial charge on any atom is 0.324 e. The Morgan fingerprint density at radius 1 is 1.07 bits per heavy atom. The lowest BCUT2D eigenvalue weighted by atomic mass is 9.84. The van der Waals surface area contributed by atoms with E-state index in [4.69, 9.17) is 14.5 Å². The molecular weight excluding hydrogens is 889 g/mol. The molecule has 6 bridgehead atoms. The molecule has 6 atom stereocenters. The number of likely N-dealkylation sites (N-methyl/N-ethyl adjacent to an activating group) is 1. The molecule has 2 aromatic carbocycles. The zero-order chi connectivity index (χ0) is 48.8. The van der Waals surface area contributed by atoms with Gasteiger partial charge in [-0.2, -0.15) is 4.31 Å². The number of nitrogens with one attached hydrogen (secondary N) is 3. The smallest absolute Gasteiger partial charge is 0.324 e. The summed E-state index contributed by atoms with van der Waals surface area (Å²) < 4.78 is 41.4. The number of aryl methyl sites for hydroxylation is 1. The first-order valence-electron chi connectivity index (χ1n) is 23.8. The van der Waals surface area contributed by atoms with Crippen LogP contribution in [0.3, 0.4) is 0 Å². The number of aromatic hydroxyl groups is 1. The number of sulfonamides is 1. The lowest BCUT2D eigenvalue weighted by Gasteiger charge is -2.37. The Kier molecular flexibility index (Phi) is 14.1. The van der Waals surface area contributed by atoms with Crippen LogP contribution in [0, 0.1) is 17.3 Å². The molecule has 4 aliphatic rings. The predicted molar refractivity (Wildman–Crippen MR) is 257 cm³/mol. The van der Waals surface area contributed by atoms with Crippen LogP contribution in [0.25, 0.3) is 33.3 Å². The molecule has 3 amide bonds. The highest BCUT2D eigenvalue weighted by molar-refractivity contribution is 7.90. The quantitative estimate of drug-likeness (QED) is 0.121. The second kappa shape index (κ2) is 19.5. The number of methoxy groups -OCH3 is 1. The summed E-state index contributed by atoms with van der Waals surface area (Å²) in [7, 11) is -0.368. The number of nitrogens with zero attached hydrogens (tertiary/aromatic N) is 5. The average molecular weight is 955 g/mol. The number of carbonyl (C=O) groups excluding carboxylic acids is 4. The molecule has 18 heteroatoms. The fraction of sp³-hybridized carbons (Fsp3) is 0.540. The van der Waals surface area contributed by atoms with Crippen LogP contribution in [0.2, 0.25) is 0 Å². The first kappa shape index (κ1) is 49.0. The minimum Gasteiger partial charge on any atom is -0.508 e. The van der Waals surface area contributed by atoms with Gasteiger partial charge in [0.1, 0.15) is 29.2 Å². The van der Waals surface area contributed by atoms with Crippen molar-refractivity contribution >= 4 is 44.6 Å². The fourth-order valence-electron chi connectivity index (χ4n) is 10.3. The summed E-state index contributed by atoms with van der Waals surface area (Å²) in [6.07, 6.45) is 3.21. The molecule has 17 nitrogen and oxygen atoms in total. The largest absolute Gasteiger partial charge is 0.508 e. The number of amides is 3. The first-order valence-corrected chi connectivity index (χ1v) is 25.3. The molecule has 0 spiro atoms. The van der Waals surface area contributed by atoms with E-state index in [1.165, 1.54) is 14.2 Å². The maximum absolute atomic E-state index is 14.7. The Balaban J connectivity index is 1.18. The van der Waals surface area contributed by atoms with Crippen LogP contribution in [0.5, 0.6) is 5.75 Å². The molecule has 4 aromatic rings. The zero-order valence-corrected chi connectivity index (χ0v) is 41.2. The van der Waals surface area contributed by atoms with Gasteiger partial charge >= 0.3 is 5.97 Å². The number of phenols is 1. The lowest BCUT2D eigenvalue weighted by molar-refractivity contribution is -0.155. The van der Waals surface area contributed by atoms with Crippen molar-refractivity contribution in [3.63, 3.8) is 0 Å². The summed E-state index contributed by atoms with van der Waals surface area (Å²) in [5, 5.41) is 18.9. The summed E-state index contributed by atoms with van der Waals surface area (Å²) in [5.41, 5.74) is 9.42. The number of hydrogen-bond acceptors (Lipinski definition) is 12. The Morgan fingerprint density at radius 3 is 2.54 bits per heavy atom. The van der Waals surface area contributed by atoms with Crippen molar-refractivity contribution in [1.82, 2.24) is 39.8 Å². The van der Waals surface area contributed by atoms with Crippen molar-refractivity contribution in [2.45, 2.75) is 110 Å². The molecule has 4 N–H and O–H groups in total. The molecule has 3 saturated heterocycles. The summed E-state index contributed by atoms with van der Waals surface area (Å²) in [6, 6.07) is 12.3. The van der Waals surface area contributed by atoms with Crippen molar-refractivity contribution < 1.29 is 42.2 Å². The van der Waals surface area contributed by atoms with E-state index in [0.29, 0.717) is 49.9 Å². The van der Waals surface area contributed by atoms with E-state index < -0.39 is 68.6 Å². The third kappa shape index (κ3) is 9.88. The summed E-state index contributed by atoms with van der Waals surface area (Å²) in [6.45, 7) is 13.4. The minimum absolute atomic E-state index is 0.0255. The molecule has 1 unspecified atom stereocenters. The van der Waals surface area contributed by atoms with Gasteiger partial charge in [0.25, 0.3) is 5.91 Å². The number of pyridine rings is 1. The van der Waals surface area contributed by atoms with E-state index >= 15 is 0 Å². The van der Waals surface area contributed by atoms with Gasteiger partial charge in [0.15, 0.2) is 0 Å². The lowest BCUT2D eigenvalue weighted by Crippen LogP contribution is -2.62. The number of cyclic esters (lactones) is 1. The van der Waals surface area contributed by atoms with Gasteiger partial charge in [-0.25, -0.2) is 13.8 Å². The number of ether oxygens (including phenoxy) is 2. The molecule has 0 aliphatic carbocycles. The van der Waals surface area contributed by atoms with Crippen LogP contribution in [0.15, 0.2) is 54.7 Å². The van der Waals surface area contributed by atoms with Crippen molar-refractivity contribution in [2.75, 3.05) is 46.9 Å². The topological polar surface area (TPSA) is 215 Å². The van der Waals surface area contributed by atoms with Gasteiger partial charge in [-0.05, 0) is 104 Å². The SMILES string of the molecule is CCn1c(-c2cccnc2[C@H](C)OC)c2c3cc(ccc31)-c1cc(O)cc(c1)C[C@H](NC(=O)[C@H](C(C)C)N(C)C(=O)[C@H]1CCN(S(=O)(=O)C3CN3)C1)C(=O)N1CCC[C@H](N1)C(=O)OCC(C)(C)C2. The maximum atomic E-state index is 14.7. The number of hydrazine groups is 1. The zero-order valence-electron chi connectivity index (χ0n) is 40.4. The van der Waals surface area contributed by atoms with Crippen LogP contribution in [0.4, 0.5) is 0 Å². The number of rotatable bonds is 11. The number of phenolic OH excluding ortho intramolecular Hbond substituents is 1. The molecule has 6 heterocycles. The second-order valence-corrected chi connectivity index (χ2v) is 22.1. The number of fused-ring (bicyclic) bond motifs is 6. The van der Waals surface area contributed by atoms with Gasteiger partial charge in [0.2, 0.25) is 21.8 Å². The van der Waals surface area contributed by atoms with E-state index in [9.17, 15) is 32.7 Å². The van der Waals surface area contributed by atoms with Crippen molar-refractivity contribution in [3.8, 4) is 28.1 Å².